The van der Waals surface area contributed by atoms with Crippen LogP contribution in [0.3, 0.4) is 0 Å². The van der Waals surface area contributed by atoms with Crippen molar-refractivity contribution in [2.24, 2.45) is 0 Å². The van der Waals surface area contributed by atoms with Crippen LogP contribution in [0.1, 0.15) is 5.56 Å². The average molecular weight is 274 g/mol. The molecule has 1 nitrogen and oxygen atoms in total. The van der Waals surface area contributed by atoms with Crippen molar-refractivity contribution in [3.05, 3.63) is 34.6 Å². The van der Waals surface area contributed by atoms with E-state index in [0.29, 0.717) is 5.56 Å². The minimum absolute atomic E-state index is 0.0536. The monoisotopic (exact) mass is 273 g/mol. The van der Waals surface area contributed by atoms with Crippen molar-refractivity contribution in [2.45, 2.75) is 18.9 Å². The summed E-state index contributed by atoms with van der Waals surface area (Å²) in [5, 5.41) is 2.20. The molecule has 0 aromatic heterocycles. The summed E-state index contributed by atoms with van der Waals surface area (Å²) in [5.41, 5.74) is 0.359. The molecule has 0 heterocycles. The van der Waals surface area contributed by atoms with Crippen molar-refractivity contribution in [3.8, 4) is 0 Å². The standard InChI is InChI=1S/C10H9ClF5N/c11-8-3-7(12)2-1-6(8)4-17-5-10(15,16)9(13)14/h1-3,9,17H,4-5H2. The average Bonchev–Trinajstić information content (AvgIpc) is 2.21. The van der Waals surface area contributed by atoms with Crippen LogP contribution in [0, 0.1) is 5.82 Å². The fourth-order valence-corrected chi connectivity index (χ4v) is 1.34. The number of alkyl halides is 4. The first-order valence-corrected chi connectivity index (χ1v) is 5.01. The first-order chi connectivity index (χ1) is 7.83. The normalized spacial score (nSPS) is 12.2. The van der Waals surface area contributed by atoms with E-state index in [4.69, 9.17) is 11.6 Å². The van der Waals surface area contributed by atoms with Crippen LogP contribution in [-0.2, 0) is 6.54 Å². The lowest BCUT2D eigenvalue weighted by Crippen LogP contribution is -2.38. The Labute approximate surface area is 99.6 Å². The van der Waals surface area contributed by atoms with Gasteiger partial charge in [-0.15, -0.1) is 0 Å². The van der Waals surface area contributed by atoms with Gasteiger partial charge in [-0.3, -0.25) is 0 Å². The van der Waals surface area contributed by atoms with Gasteiger partial charge in [-0.2, -0.15) is 8.78 Å². The van der Waals surface area contributed by atoms with Gasteiger partial charge in [0.25, 0.3) is 0 Å². The number of hydrogen-bond donors (Lipinski definition) is 1. The molecule has 0 bridgehead atoms. The molecule has 0 unspecified atom stereocenters. The Bertz CT molecular complexity index is 383. The van der Waals surface area contributed by atoms with Gasteiger partial charge < -0.3 is 5.32 Å². The summed E-state index contributed by atoms with van der Waals surface area (Å²) in [6, 6.07) is 3.42. The Morgan fingerprint density at radius 2 is 1.94 bits per heavy atom. The van der Waals surface area contributed by atoms with E-state index in [1.54, 1.807) is 0 Å². The van der Waals surface area contributed by atoms with Crippen LogP contribution in [0.25, 0.3) is 0 Å². The van der Waals surface area contributed by atoms with Gasteiger partial charge in [-0.1, -0.05) is 17.7 Å². The van der Waals surface area contributed by atoms with Gasteiger partial charge in [0.15, 0.2) is 0 Å². The molecule has 7 heteroatoms. The third kappa shape index (κ3) is 4.12. The Morgan fingerprint density at radius 1 is 1.29 bits per heavy atom. The van der Waals surface area contributed by atoms with E-state index in [2.05, 4.69) is 5.32 Å². The summed E-state index contributed by atoms with van der Waals surface area (Å²) in [5.74, 6) is -4.65. The van der Waals surface area contributed by atoms with Gasteiger partial charge in [0.2, 0.25) is 0 Å². The van der Waals surface area contributed by atoms with Crippen molar-refractivity contribution in [1.82, 2.24) is 5.32 Å². The van der Waals surface area contributed by atoms with E-state index < -0.39 is 24.7 Å². The van der Waals surface area contributed by atoms with Crippen LogP contribution in [0.15, 0.2) is 18.2 Å². The van der Waals surface area contributed by atoms with Crippen LogP contribution >= 0.6 is 11.6 Å². The topological polar surface area (TPSA) is 12.0 Å². The third-order valence-corrected chi connectivity index (χ3v) is 2.36. The molecular weight excluding hydrogens is 265 g/mol. The first-order valence-electron chi connectivity index (χ1n) is 4.63. The molecule has 0 aliphatic carbocycles. The zero-order valence-electron chi connectivity index (χ0n) is 8.49. The summed E-state index contributed by atoms with van der Waals surface area (Å²) in [6.07, 6.45) is -3.72. The maximum Gasteiger partial charge on any atom is 0.319 e. The second-order valence-corrected chi connectivity index (χ2v) is 3.81. The molecule has 0 spiro atoms. The molecular formula is C10H9ClF5N. The van der Waals surface area contributed by atoms with Gasteiger partial charge in [0, 0.05) is 11.6 Å². The van der Waals surface area contributed by atoms with Crippen molar-refractivity contribution < 1.29 is 22.0 Å². The van der Waals surface area contributed by atoms with Crippen molar-refractivity contribution in [2.75, 3.05) is 6.54 Å². The van der Waals surface area contributed by atoms with Crippen LogP contribution in [0.4, 0.5) is 22.0 Å². The molecule has 0 aliphatic rings. The van der Waals surface area contributed by atoms with E-state index >= 15 is 0 Å². The number of rotatable bonds is 5. The second kappa shape index (κ2) is 5.64. The molecule has 1 N–H and O–H groups in total. The van der Waals surface area contributed by atoms with Crippen LogP contribution in [-0.4, -0.2) is 18.9 Å². The lowest BCUT2D eigenvalue weighted by Gasteiger charge is -2.16. The third-order valence-electron chi connectivity index (χ3n) is 2.01. The predicted octanol–water partition coefficient (Wildman–Crippen LogP) is 3.47. The Balaban J connectivity index is 2.51. The van der Waals surface area contributed by atoms with E-state index in [9.17, 15) is 22.0 Å². The molecule has 1 aromatic carbocycles. The maximum atomic E-state index is 12.6. The Hall–Kier alpha value is -0.880. The summed E-state index contributed by atoms with van der Waals surface area (Å²) in [6.45, 7) is -1.31. The van der Waals surface area contributed by atoms with Crippen LogP contribution in [0.2, 0.25) is 5.02 Å². The number of benzene rings is 1. The lowest BCUT2D eigenvalue weighted by molar-refractivity contribution is -0.125. The zero-order chi connectivity index (χ0) is 13.1. The summed E-state index contributed by atoms with van der Waals surface area (Å²) >= 11 is 5.63. The van der Waals surface area contributed by atoms with Gasteiger partial charge in [-0.05, 0) is 17.7 Å². The Kier molecular flexibility index (Phi) is 4.70. The van der Waals surface area contributed by atoms with Gasteiger partial charge in [-0.25, -0.2) is 13.2 Å². The minimum Gasteiger partial charge on any atom is -0.307 e. The Morgan fingerprint density at radius 3 is 2.47 bits per heavy atom. The number of hydrogen-bond acceptors (Lipinski definition) is 1. The molecule has 0 saturated heterocycles. The van der Waals surface area contributed by atoms with Crippen molar-refractivity contribution >= 4 is 11.6 Å². The molecule has 17 heavy (non-hydrogen) atoms. The van der Waals surface area contributed by atoms with Gasteiger partial charge in [0.1, 0.15) is 5.82 Å². The SMILES string of the molecule is Fc1ccc(CNCC(F)(F)C(F)F)c(Cl)c1. The minimum atomic E-state index is -4.09. The molecule has 1 aromatic rings. The maximum absolute atomic E-state index is 12.6. The molecule has 96 valence electrons. The molecule has 0 radical (unpaired) electrons. The predicted molar refractivity (Wildman–Crippen MR) is 54.1 cm³/mol. The molecule has 0 amide bonds. The van der Waals surface area contributed by atoms with E-state index in [1.165, 1.54) is 6.07 Å². The smallest absolute Gasteiger partial charge is 0.307 e. The van der Waals surface area contributed by atoms with Crippen LogP contribution < -0.4 is 5.32 Å². The summed E-state index contributed by atoms with van der Waals surface area (Å²) in [7, 11) is 0. The summed E-state index contributed by atoms with van der Waals surface area (Å²) in [4.78, 5) is 0. The fraction of sp³-hybridized carbons (Fsp3) is 0.400. The zero-order valence-corrected chi connectivity index (χ0v) is 9.25. The highest BCUT2D eigenvalue weighted by molar-refractivity contribution is 6.31. The fourth-order valence-electron chi connectivity index (χ4n) is 1.11. The molecule has 0 saturated carbocycles. The van der Waals surface area contributed by atoms with E-state index in [1.807, 2.05) is 0 Å². The molecule has 1 rings (SSSR count). The van der Waals surface area contributed by atoms with Gasteiger partial charge >= 0.3 is 12.3 Å². The number of halogens is 6. The highest BCUT2D eigenvalue weighted by atomic mass is 35.5. The molecule has 0 atom stereocenters. The highest BCUT2D eigenvalue weighted by Gasteiger charge is 2.39. The first kappa shape index (κ1) is 14.2. The van der Waals surface area contributed by atoms with Gasteiger partial charge in [0.05, 0.1) is 6.54 Å². The van der Waals surface area contributed by atoms with Crippen molar-refractivity contribution in [1.29, 1.82) is 0 Å². The van der Waals surface area contributed by atoms with Crippen LogP contribution in [0.5, 0.6) is 0 Å². The second-order valence-electron chi connectivity index (χ2n) is 3.40. The summed E-state index contributed by atoms with van der Waals surface area (Å²) < 4.78 is 61.3. The van der Waals surface area contributed by atoms with E-state index in [-0.39, 0.29) is 11.6 Å². The number of nitrogens with one attached hydrogen (secondary N) is 1. The molecule has 0 aliphatic heterocycles. The quantitative estimate of drug-likeness (QED) is 0.810. The largest absolute Gasteiger partial charge is 0.319 e. The van der Waals surface area contributed by atoms with E-state index in [0.717, 1.165) is 12.1 Å². The van der Waals surface area contributed by atoms with Crippen molar-refractivity contribution in [3.63, 3.8) is 0 Å². The molecule has 0 fully saturated rings. The lowest BCUT2D eigenvalue weighted by atomic mass is 10.2. The highest BCUT2D eigenvalue weighted by Crippen LogP contribution is 2.22.